The summed E-state index contributed by atoms with van der Waals surface area (Å²) in [4.78, 5) is 10.2. The van der Waals surface area contributed by atoms with E-state index in [9.17, 15) is 28.4 Å². The fraction of sp³-hybridized carbons (Fsp3) is 0.0870. The number of rotatable bonds is 6. The van der Waals surface area contributed by atoms with Crippen LogP contribution >= 0.6 is 0 Å². The number of ether oxygens (including phenoxy) is 1. The first-order valence-corrected chi connectivity index (χ1v) is 9.64. The van der Waals surface area contributed by atoms with E-state index in [1.807, 2.05) is 5.10 Å². The van der Waals surface area contributed by atoms with E-state index in [1.165, 1.54) is 42.5 Å². The Kier molecular flexibility index (Phi) is 5.74. The third kappa shape index (κ3) is 4.64. The van der Waals surface area contributed by atoms with Crippen molar-refractivity contribution in [2.75, 3.05) is 0 Å². The third-order valence-electron chi connectivity index (χ3n) is 4.89. The first-order valence-electron chi connectivity index (χ1n) is 9.64. The Hall–Kier alpha value is -4.34. The van der Waals surface area contributed by atoms with Gasteiger partial charge in [-0.15, -0.1) is 0 Å². The number of nitro benzene ring substituents is 1. The van der Waals surface area contributed by atoms with E-state index in [2.05, 4.69) is 5.10 Å². The number of phenolic OH excluding ortho intramolecular Hbond substituents is 1. The van der Waals surface area contributed by atoms with Crippen LogP contribution < -0.4 is 4.74 Å². The van der Waals surface area contributed by atoms with Crippen molar-refractivity contribution in [2.24, 2.45) is 0 Å². The Bertz CT molecular complexity index is 1290. The van der Waals surface area contributed by atoms with Gasteiger partial charge in [0.05, 0.1) is 4.92 Å². The van der Waals surface area contributed by atoms with Gasteiger partial charge in [-0.25, -0.2) is 0 Å². The minimum absolute atomic E-state index is 0.0482. The third-order valence-corrected chi connectivity index (χ3v) is 4.89. The zero-order valence-corrected chi connectivity index (χ0v) is 16.8. The number of aromatic amines is 1. The quantitative estimate of drug-likeness (QED) is 0.276. The molecule has 33 heavy (non-hydrogen) atoms. The van der Waals surface area contributed by atoms with Crippen LogP contribution in [0.15, 0.2) is 72.8 Å². The van der Waals surface area contributed by atoms with Gasteiger partial charge in [0.1, 0.15) is 29.5 Å². The van der Waals surface area contributed by atoms with Crippen molar-refractivity contribution >= 4 is 5.69 Å². The minimum atomic E-state index is -4.67. The van der Waals surface area contributed by atoms with Crippen LogP contribution in [-0.4, -0.2) is 20.2 Å². The van der Waals surface area contributed by atoms with Crippen LogP contribution in [0.2, 0.25) is 0 Å². The zero-order valence-electron chi connectivity index (χ0n) is 16.8. The van der Waals surface area contributed by atoms with E-state index in [0.29, 0.717) is 11.1 Å². The largest absolute Gasteiger partial charge is 0.507 e. The molecule has 0 radical (unpaired) electrons. The average molecular weight is 455 g/mol. The molecule has 0 atom stereocenters. The summed E-state index contributed by atoms with van der Waals surface area (Å²) in [5, 5.41) is 27.1. The standard InChI is InChI=1S/C23H16F3N3O4/c24-23(25,26)22-20(15-4-2-1-3-5-15)21(27-28-22)18-11-10-17(12-19(18)30)33-13-14-6-8-16(9-7-14)29(31)32/h1-12,30H,13H2,(H,27,28). The lowest BCUT2D eigenvalue weighted by molar-refractivity contribution is -0.384. The van der Waals surface area contributed by atoms with Gasteiger partial charge in [0, 0.05) is 29.3 Å². The number of aromatic hydroxyl groups is 1. The zero-order chi connectivity index (χ0) is 23.6. The maximum Gasteiger partial charge on any atom is 0.433 e. The number of benzene rings is 3. The second-order valence-electron chi connectivity index (χ2n) is 7.08. The maximum absolute atomic E-state index is 13.6. The Morgan fingerprint density at radius 1 is 1.03 bits per heavy atom. The molecule has 0 saturated heterocycles. The van der Waals surface area contributed by atoms with E-state index >= 15 is 0 Å². The van der Waals surface area contributed by atoms with Crippen molar-refractivity contribution in [2.45, 2.75) is 12.8 Å². The molecule has 0 bridgehead atoms. The van der Waals surface area contributed by atoms with Gasteiger partial charge in [0.2, 0.25) is 0 Å². The van der Waals surface area contributed by atoms with Gasteiger partial charge in [0.15, 0.2) is 0 Å². The molecule has 0 fully saturated rings. The number of nitrogens with zero attached hydrogens (tertiary/aromatic N) is 2. The number of phenols is 1. The summed E-state index contributed by atoms with van der Waals surface area (Å²) < 4.78 is 46.3. The van der Waals surface area contributed by atoms with Crippen LogP contribution in [0.4, 0.5) is 18.9 Å². The van der Waals surface area contributed by atoms with Crippen LogP contribution in [0.25, 0.3) is 22.4 Å². The molecule has 0 aliphatic heterocycles. The normalized spacial score (nSPS) is 11.4. The van der Waals surface area contributed by atoms with Crippen LogP contribution in [0.5, 0.6) is 11.5 Å². The van der Waals surface area contributed by atoms with Crippen LogP contribution in [0.3, 0.4) is 0 Å². The van der Waals surface area contributed by atoms with Gasteiger partial charge < -0.3 is 9.84 Å². The van der Waals surface area contributed by atoms with Crippen molar-refractivity contribution in [3.05, 3.63) is 94.2 Å². The number of hydrogen-bond acceptors (Lipinski definition) is 5. The molecule has 1 aromatic heterocycles. The first kappa shape index (κ1) is 21.9. The summed E-state index contributed by atoms with van der Waals surface area (Å²) >= 11 is 0. The number of nitro groups is 1. The molecule has 10 heteroatoms. The number of H-pyrrole nitrogens is 1. The fourth-order valence-corrected chi connectivity index (χ4v) is 3.31. The lowest BCUT2D eigenvalue weighted by Gasteiger charge is -2.11. The predicted octanol–water partition coefficient (Wildman–Crippen LogP) is 5.96. The molecule has 0 amide bonds. The predicted molar refractivity (Wildman–Crippen MR) is 114 cm³/mol. The van der Waals surface area contributed by atoms with E-state index in [4.69, 9.17) is 4.74 Å². The van der Waals surface area contributed by atoms with E-state index < -0.39 is 16.8 Å². The van der Waals surface area contributed by atoms with Crippen LogP contribution in [0, 0.1) is 10.1 Å². The topological polar surface area (TPSA) is 101 Å². The minimum Gasteiger partial charge on any atom is -0.507 e. The molecule has 0 aliphatic carbocycles. The molecule has 4 rings (SSSR count). The van der Waals surface area contributed by atoms with Crippen molar-refractivity contribution in [3.63, 3.8) is 0 Å². The Balaban J connectivity index is 1.62. The summed E-state index contributed by atoms with van der Waals surface area (Å²) in [6, 6.07) is 17.9. The first-order chi connectivity index (χ1) is 15.7. The van der Waals surface area contributed by atoms with Gasteiger partial charge in [-0.2, -0.15) is 18.3 Å². The second kappa shape index (κ2) is 8.65. The number of hydrogen-bond donors (Lipinski definition) is 2. The highest BCUT2D eigenvalue weighted by Crippen LogP contribution is 2.43. The number of halogens is 3. The maximum atomic E-state index is 13.6. The van der Waals surface area contributed by atoms with Gasteiger partial charge in [-0.1, -0.05) is 30.3 Å². The van der Waals surface area contributed by atoms with Crippen molar-refractivity contribution in [1.82, 2.24) is 10.2 Å². The van der Waals surface area contributed by atoms with Crippen molar-refractivity contribution in [1.29, 1.82) is 0 Å². The van der Waals surface area contributed by atoms with E-state index in [1.54, 1.807) is 30.3 Å². The molecule has 0 unspecified atom stereocenters. The van der Waals surface area contributed by atoms with E-state index in [-0.39, 0.29) is 40.6 Å². The molecule has 2 N–H and O–H groups in total. The molecular weight excluding hydrogens is 439 g/mol. The molecule has 7 nitrogen and oxygen atoms in total. The highest BCUT2D eigenvalue weighted by Gasteiger charge is 2.38. The van der Waals surface area contributed by atoms with Gasteiger partial charge in [-0.05, 0) is 35.4 Å². The SMILES string of the molecule is O=[N+]([O-])c1ccc(COc2ccc(-c3n[nH]c(C(F)(F)F)c3-c3ccccc3)c(O)c2)cc1. The Morgan fingerprint density at radius 3 is 2.33 bits per heavy atom. The molecule has 4 aromatic rings. The highest BCUT2D eigenvalue weighted by molar-refractivity contribution is 5.85. The van der Waals surface area contributed by atoms with Crippen LogP contribution in [0.1, 0.15) is 11.3 Å². The van der Waals surface area contributed by atoms with Gasteiger partial charge in [0.25, 0.3) is 5.69 Å². The number of aromatic nitrogens is 2. The van der Waals surface area contributed by atoms with E-state index in [0.717, 1.165) is 0 Å². The number of non-ortho nitro benzene ring substituents is 1. The van der Waals surface area contributed by atoms with Crippen LogP contribution in [-0.2, 0) is 12.8 Å². The van der Waals surface area contributed by atoms with Crippen molar-refractivity contribution in [3.8, 4) is 33.9 Å². The molecule has 3 aromatic carbocycles. The Morgan fingerprint density at radius 2 is 1.73 bits per heavy atom. The lowest BCUT2D eigenvalue weighted by Crippen LogP contribution is -2.07. The summed E-state index contributed by atoms with van der Waals surface area (Å²) in [5.74, 6) is -0.0453. The van der Waals surface area contributed by atoms with Gasteiger partial charge in [-0.3, -0.25) is 15.2 Å². The second-order valence-corrected chi connectivity index (χ2v) is 7.08. The summed E-state index contributed by atoms with van der Waals surface area (Å²) in [5.41, 5.74) is -0.216. The molecule has 0 saturated carbocycles. The smallest absolute Gasteiger partial charge is 0.433 e. The lowest BCUT2D eigenvalue weighted by atomic mass is 9.98. The summed E-state index contributed by atoms with van der Waals surface area (Å²) in [6.07, 6.45) is -4.67. The molecule has 1 heterocycles. The number of nitrogens with one attached hydrogen (secondary N) is 1. The highest BCUT2D eigenvalue weighted by atomic mass is 19.4. The summed E-state index contributed by atoms with van der Waals surface area (Å²) in [6.45, 7) is 0.0761. The molecule has 168 valence electrons. The Labute approximate surface area is 185 Å². The molecular formula is C23H16F3N3O4. The molecule has 0 spiro atoms. The summed E-state index contributed by atoms with van der Waals surface area (Å²) in [7, 11) is 0. The fourth-order valence-electron chi connectivity index (χ4n) is 3.31. The van der Waals surface area contributed by atoms with Crippen molar-refractivity contribution < 1.29 is 27.9 Å². The molecule has 0 aliphatic rings. The number of alkyl halides is 3. The monoisotopic (exact) mass is 455 g/mol. The van der Waals surface area contributed by atoms with Gasteiger partial charge >= 0.3 is 6.18 Å². The average Bonchev–Trinajstić information content (AvgIpc) is 3.24.